The van der Waals surface area contributed by atoms with Crippen molar-refractivity contribution in [3.05, 3.63) is 50.1 Å². The Morgan fingerprint density at radius 2 is 1.88 bits per heavy atom. The number of allylic oxidation sites excluding steroid dienone is 1. The molecule has 0 heterocycles. The van der Waals surface area contributed by atoms with E-state index in [2.05, 4.69) is 6.92 Å². The van der Waals surface area contributed by atoms with E-state index in [1.54, 1.807) is 6.92 Å². The highest BCUT2D eigenvalue weighted by Gasteiger charge is 2.34. The molecule has 1 atom stereocenters. The molecular formula is C18H24N2O6. The van der Waals surface area contributed by atoms with Gasteiger partial charge in [-0.15, -0.1) is 0 Å². The summed E-state index contributed by atoms with van der Waals surface area (Å²) in [5.41, 5.74) is -1.05. The first-order chi connectivity index (χ1) is 12.3. The molecule has 0 fully saturated rings. The number of carbonyl (C=O) groups is 1. The third-order valence-electron chi connectivity index (χ3n) is 4.05. The van der Waals surface area contributed by atoms with Crippen molar-refractivity contribution < 1.29 is 19.4 Å². The van der Waals surface area contributed by atoms with Crippen molar-refractivity contribution in [2.24, 2.45) is 0 Å². The van der Waals surface area contributed by atoms with Crippen molar-refractivity contribution in [2.75, 3.05) is 0 Å². The molecule has 0 aliphatic carbocycles. The second-order valence-corrected chi connectivity index (χ2v) is 6.04. The van der Waals surface area contributed by atoms with Gasteiger partial charge in [0.1, 0.15) is 0 Å². The molecule has 1 unspecified atom stereocenters. The Morgan fingerprint density at radius 3 is 2.42 bits per heavy atom. The zero-order valence-electron chi connectivity index (χ0n) is 15.3. The molecule has 0 aliphatic rings. The lowest BCUT2D eigenvalue weighted by Gasteiger charge is -2.16. The average molecular weight is 364 g/mol. The van der Waals surface area contributed by atoms with E-state index in [0.29, 0.717) is 5.56 Å². The van der Waals surface area contributed by atoms with Gasteiger partial charge in [-0.2, -0.15) is 0 Å². The predicted molar refractivity (Wildman–Crippen MR) is 97.4 cm³/mol. The summed E-state index contributed by atoms with van der Waals surface area (Å²) >= 11 is 0. The maximum atomic E-state index is 11.8. The van der Waals surface area contributed by atoms with Gasteiger partial charge < -0.3 is 4.74 Å². The largest absolute Gasteiger partial charge is 0.415 e. The number of carbonyl (C=O) groups excluding carboxylic acids is 1. The monoisotopic (exact) mass is 364 g/mol. The Kier molecular flexibility index (Phi) is 8.41. The van der Waals surface area contributed by atoms with Crippen LogP contribution in [0.1, 0.15) is 64.4 Å². The molecule has 142 valence electrons. The van der Waals surface area contributed by atoms with E-state index in [1.807, 2.05) is 6.92 Å². The lowest BCUT2D eigenvalue weighted by Crippen LogP contribution is -2.11. The van der Waals surface area contributed by atoms with Crippen LogP contribution in [0.15, 0.2) is 24.3 Å². The van der Waals surface area contributed by atoms with Crippen LogP contribution in [0.2, 0.25) is 0 Å². The number of unbranched alkanes of at least 4 members (excludes halogenated alkanes) is 3. The second kappa shape index (κ2) is 10.3. The van der Waals surface area contributed by atoms with Gasteiger partial charge in [-0.05, 0) is 25.3 Å². The van der Waals surface area contributed by atoms with Crippen LogP contribution >= 0.6 is 0 Å². The quantitative estimate of drug-likeness (QED) is 0.143. The van der Waals surface area contributed by atoms with E-state index in [0.717, 1.165) is 44.2 Å². The van der Waals surface area contributed by atoms with Crippen LogP contribution < -0.4 is 4.74 Å². The number of nitro benzene ring substituents is 2. The van der Waals surface area contributed by atoms with Crippen molar-refractivity contribution in [2.45, 2.75) is 58.8 Å². The molecule has 0 aromatic heterocycles. The number of rotatable bonds is 10. The van der Waals surface area contributed by atoms with Gasteiger partial charge in [-0.1, -0.05) is 45.6 Å². The normalized spacial score (nSPS) is 12.1. The molecule has 0 saturated carbocycles. The standard InChI is InChI=1S/C18H24N2O6/c1-4-6-7-8-10-13(3)14-11-12-15(19(22)23)17(20(24)25)18(14)26-16(21)9-5-2/h5,9,11-13H,4,6-8,10H2,1-3H3/b9-5+. The Balaban J connectivity index is 3.34. The molecule has 0 N–H and O–H groups in total. The molecule has 1 aromatic carbocycles. The van der Waals surface area contributed by atoms with E-state index >= 15 is 0 Å². The van der Waals surface area contributed by atoms with Gasteiger partial charge in [0.15, 0.2) is 0 Å². The van der Waals surface area contributed by atoms with E-state index < -0.39 is 27.2 Å². The summed E-state index contributed by atoms with van der Waals surface area (Å²) in [6.07, 6.45) is 7.41. The van der Waals surface area contributed by atoms with Crippen LogP contribution in [0.3, 0.4) is 0 Å². The van der Waals surface area contributed by atoms with Gasteiger partial charge in [0.25, 0.3) is 0 Å². The van der Waals surface area contributed by atoms with Crippen LogP contribution in [0.5, 0.6) is 5.75 Å². The maximum Gasteiger partial charge on any atom is 0.388 e. The molecule has 1 aromatic rings. The van der Waals surface area contributed by atoms with E-state index in [-0.39, 0.29) is 11.7 Å². The molecule has 0 radical (unpaired) electrons. The van der Waals surface area contributed by atoms with Gasteiger partial charge >= 0.3 is 17.3 Å². The summed E-state index contributed by atoms with van der Waals surface area (Å²) in [7, 11) is 0. The molecule has 1 rings (SSSR count). The fourth-order valence-corrected chi connectivity index (χ4v) is 2.70. The minimum Gasteiger partial charge on any atom is -0.415 e. The zero-order chi connectivity index (χ0) is 19.7. The topological polar surface area (TPSA) is 113 Å². The van der Waals surface area contributed by atoms with Crippen LogP contribution in [0.4, 0.5) is 11.4 Å². The van der Waals surface area contributed by atoms with E-state index in [1.165, 1.54) is 12.1 Å². The first kappa shape index (κ1) is 21.3. The van der Waals surface area contributed by atoms with Crippen molar-refractivity contribution in [3.8, 4) is 5.75 Å². The van der Waals surface area contributed by atoms with Gasteiger partial charge in [0.2, 0.25) is 5.75 Å². The minimum absolute atomic E-state index is 0.139. The fourth-order valence-electron chi connectivity index (χ4n) is 2.70. The Labute approximate surface area is 152 Å². The van der Waals surface area contributed by atoms with Crippen molar-refractivity contribution in [1.82, 2.24) is 0 Å². The highest BCUT2D eigenvalue weighted by molar-refractivity contribution is 5.85. The van der Waals surface area contributed by atoms with Gasteiger partial charge in [0.05, 0.1) is 9.85 Å². The molecule has 0 aliphatic heterocycles. The number of nitro groups is 2. The second-order valence-electron chi connectivity index (χ2n) is 6.04. The van der Waals surface area contributed by atoms with Gasteiger partial charge in [-0.3, -0.25) is 20.2 Å². The Morgan fingerprint density at radius 1 is 1.19 bits per heavy atom. The third-order valence-corrected chi connectivity index (χ3v) is 4.05. The summed E-state index contributed by atoms with van der Waals surface area (Å²) < 4.78 is 5.15. The number of benzene rings is 1. The first-order valence-corrected chi connectivity index (χ1v) is 8.63. The van der Waals surface area contributed by atoms with Crippen LogP contribution in [0.25, 0.3) is 0 Å². The first-order valence-electron chi connectivity index (χ1n) is 8.63. The van der Waals surface area contributed by atoms with Crippen molar-refractivity contribution >= 4 is 17.3 Å². The summed E-state index contributed by atoms with van der Waals surface area (Å²) in [6, 6.07) is 2.54. The van der Waals surface area contributed by atoms with E-state index in [4.69, 9.17) is 4.74 Å². The molecule has 0 amide bonds. The highest BCUT2D eigenvalue weighted by Crippen LogP contribution is 2.43. The molecule has 8 nitrogen and oxygen atoms in total. The Hall–Kier alpha value is -2.77. The molecular weight excluding hydrogens is 340 g/mol. The SMILES string of the molecule is C/C=C/C(=O)Oc1c(C(C)CCCCCC)ccc([N+](=O)[O-])c1[N+](=O)[O-]. The predicted octanol–water partition coefficient (Wildman–Crippen LogP) is 5.06. The number of hydrogen-bond acceptors (Lipinski definition) is 6. The lowest BCUT2D eigenvalue weighted by molar-refractivity contribution is -0.423. The lowest BCUT2D eigenvalue weighted by atomic mass is 9.93. The maximum absolute atomic E-state index is 11.8. The van der Waals surface area contributed by atoms with Gasteiger partial charge in [-0.25, -0.2) is 4.79 Å². The molecule has 26 heavy (non-hydrogen) atoms. The number of hydrogen-bond donors (Lipinski definition) is 0. The smallest absolute Gasteiger partial charge is 0.388 e. The van der Waals surface area contributed by atoms with Crippen molar-refractivity contribution in [3.63, 3.8) is 0 Å². The molecule has 0 spiro atoms. The fraction of sp³-hybridized carbons (Fsp3) is 0.500. The van der Waals surface area contributed by atoms with Crippen LogP contribution in [0, 0.1) is 20.2 Å². The molecule has 8 heteroatoms. The molecule has 0 saturated heterocycles. The number of ether oxygens (including phenoxy) is 1. The number of nitrogens with zero attached hydrogens (tertiary/aromatic N) is 2. The Bertz CT molecular complexity index is 699. The summed E-state index contributed by atoms with van der Waals surface area (Å²) in [5, 5.41) is 22.6. The van der Waals surface area contributed by atoms with E-state index in [9.17, 15) is 25.0 Å². The van der Waals surface area contributed by atoms with Crippen LogP contribution in [-0.2, 0) is 4.79 Å². The third kappa shape index (κ3) is 5.65. The summed E-state index contributed by atoms with van der Waals surface area (Å²) in [4.78, 5) is 32.7. The zero-order valence-corrected chi connectivity index (χ0v) is 15.3. The summed E-state index contributed by atoms with van der Waals surface area (Å²) in [5.74, 6) is -1.29. The minimum atomic E-state index is -0.871. The van der Waals surface area contributed by atoms with Gasteiger partial charge in [0, 0.05) is 17.7 Å². The molecule has 0 bridgehead atoms. The highest BCUT2D eigenvalue weighted by atomic mass is 16.6. The average Bonchev–Trinajstić information content (AvgIpc) is 2.57. The van der Waals surface area contributed by atoms with Crippen molar-refractivity contribution in [1.29, 1.82) is 0 Å². The number of esters is 1. The van der Waals surface area contributed by atoms with Crippen LogP contribution in [-0.4, -0.2) is 15.8 Å². The summed E-state index contributed by atoms with van der Waals surface area (Å²) in [6.45, 7) is 5.56.